The Hall–Kier alpha value is -2.49. The Balaban J connectivity index is 2.00. The zero-order chi connectivity index (χ0) is 15.4. The first-order valence-electron chi connectivity index (χ1n) is 6.91. The number of rotatable bonds is 4. The molecule has 0 saturated heterocycles. The van der Waals surface area contributed by atoms with Gasteiger partial charge in [-0.25, -0.2) is 0 Å². The van der Waals surface area contributed by atoms with Gasteiger partial charge in [0.05, 0.1) is 0 Å². The highest BCUT2D eigenvalue weighted by molar-refractivity contribution is 5.92. The molecule has 2 aromatic rings. The third-order valence-electron chi connectivity index (χ3n) is 3.58. The summed E-state index contributed by atoms with van der Waals surface area (Å²) in [5, 5.41) is 12.7. The number of carbonyl (C=O) groups excluding carboxylic acids is 1. The van der Waals surface area contributed by atoms with Crippen molar-refractivity contribution in [2.75, 3.05) is 11.1 Å². The van der Waals surface area contributed by atoms with E-state index in [4.69, 9.17) is 5.73 Å². The van der Waals surface area contributed by atoms with Gasteiger partial charge in [-0.3, -0.25) is 4.79 Å². The predicted molar refractivity (Wildman–Crippen MR) is 85.4 cm³/mol. The summed E-state index contributed by atoms with van der Waals surface area (Å²) in [6.45, 7) is 3.61. The van der Waals surface area contributed by atoms with Crippen molar-refractivity contribution in [3.8, 4) is 5.75 Å². The van der Waals surface area contributed by atoms with Gasteiger partial charge in [0.15, 0.2) is 0 Å². The Morgan fingerprint density at radius 1 is 1.19 bits per heavy atom. The molecule has 0 aliphatic heterocycles. The fourth-order valence-electron chi connectivity index (χ4n) is 2.19. The molecule has 0 aromatic heterocycles. The molecule has 0 heterocycles. The van der Waals surface area contributed by atoms with Crippen LogP contribution >= 0.6 is 0 Å². The summed E-state index contributed by atoms with van der Waals surface area (Å²) < 4.78 is 0. The molecule has 0 fully saturated rings. The minimum Gasteiger partial charge on any atom is -0.507 e. The number of anilines is 2. The number of carbonyl (C=O) groups is 1. The van der Waals surface area contributed by atoms with Gasteiger partial charge in [0, 0.05) is 23.4 Å². The van der Waals surface area contributed by atoms with Gasteiger partial charge in [-0.15, -0.1) is 0 Å². The molecule has 2 aromatic carbocycles. The Labute approximate surface area is 124 Å². The second kappa shape index (κ2) is 6.31. The minimum absolute atomic E-state index is 0.0930. The standard InChI is InChI=1S/C17H20N2O2/c1-11-7-9-15(12(2)17(11)21)19-16(20)10-8-13-5-3-4-6-14(13)18/h3-7,9,21H,8,10,18H2,1-2H3,(H,19,20). The molecule has 0 aliphatic rings. The molecule has 0 spiro atoms. The second-order valence-corrected chi connectivity index (χ2v) is 5.15. The third-order valence-corrected chi connectivity index (χ3v) is 3.58. The van der Waals surface area contributed by atoms with Gasteiger partial charge in [-0.05, 0) is 43.5 Å². The fourth-order valence-corrected chi connectivity index (χ4v) is 2.19. The monoisotopic (exact) mass is 284 g/mol. The smallest absolute Gasteiger partial charge is 0.224 e. The number of hydrogen-bond acceptors (Lipinski definition) is 3. The molecule has 0 radical (unpaired) electrons. The number of phenolic OH excluding ortho intramolecular Hbond substituents is 1. The maximum atomic E-state index is 12.0. The zero-order valence-corrected chi connectivity index (χ0v) is 12.3. The molecule has 1 amide bonds. The average molecular weight is 284 g/mol. The second-order valence-electron chi connectivity index (χ2n) is 5.15. The van der Waals surface area contributed by atoms with Crippen LogP contribution in [-0.2, 0) is 11.2 Å². The fraction of sp³-hybridized carbons (Fsp3) is 0.235. The maximum absolute atomic E-state index is 12.0. The van der Waals surface area contributed by atoms with Crippen molar-refractivity contribution in [3.63, 3.8) is 0 Å². The molecule has 2 rings (SSSR count). The van der Waals surface area contributed by atoms with Crippen molar-refractivity contribution in [2.45, 2.75) is 26.7 Å². The molecule has 0 unspecified atom stereocenters. The van der Waals surface area contributed by atoms with E-state index in [1.54, 1.807) is 19.1 Å². The van der Waals surface area contributed by atoms with Gasteiger partial charge >= 0.3 is 0 Å². The number of amides is 1. The average Bonchev–Trinajstić information content (AvgIpc) is 2.47. The van der Waals surface area contributed by atoms with Crippen molar-refractivity contribution in [3.05, 3.63) is 53.1 Å². The highest BCUT2D eigenvalue weighted by atomic mass is 16.3. The lowest BCUT2D eigenvalue weighted by molar-refractivity contribution is -0.116. The van der Waals surface area contributed by atoms with E-state index < -0.39 is 0 Å². The lowest BCUT2D eigenvalue weighted by atomic mass is 10.1. The summed E-state index contributed by atoms with van der Waals surface area (Å²) >= 11 is 0. The van der Waals surface area contributed by atoms with Crippen molar-refractivity contribution in [2.24, 2.45) is 0 Å². The van der Waals surface area contributed by atoms with Gasteiger partial charge in [-0.2, -0.15) is 0 Å². The topological polar surface area (TPSA) is 75.4 Å². The highest BCUT2D eigenvalue weighted by Crippen LogP contribution is 2.28. The Morgan fingerprint density at radius 2 is 1.90 bits per heavy atom. The van der Waals surface area contributed by atoms with Crippen molar-refractivity contribution >= 4 is 17.3 Å². The minimum atomic E-state index is -0.0930. The number of aromatic hydroxyl groups is 1. The zero-order valence-electron chi connectivity index (χ0n) is 12.3. The molecule has 21 heavy (non-hydrogen) atoms. The quantitative estimate of drug-likeness (QED) is 0.755. The maximum Gasteiger partial charge on any atom is 0.224 e. The normalized spacial score (nSPS) is 10.4. The van der Waals surface area contributed by atoms with Crippen LogP contribution in [0.4, 0.5) is 11.4 Å². The van der Waals surface area contributed by atoms with Crippen LogP contribution in [0.2, 0.25) is 0 Å². The van der Waals surface area contributed by atoms with E-state index in [0.29, 0.717) is 29.8 Å². The van der Waals surface area contributed by atoms with E-state index in [2.05, 4.69) is 5.32 Å². The number of aryl methyl sites for hydroxylation is 2. The van der Waals surface area contributed by atoms with Gasteiger partial charge < -0.3 is 16.2 Å². The largest absolute Gasteiger partial charge is 0.507 e. The molecular formula is C17H20N2O2. The molecular weight excluding hydrogens is 264 g/mol. The summed E-state index contributed by atoms with van der Waals surface area (Å²) in [6, 6.07) is 11.1. The van der Waals surface area contributed by atoms with Crippen molar-refractivity contribution in [1.82, 2.24) is 0 Å². The number of benzene rings is 2. The molecule has 0 aliphatic carbocycles. The van der Waals surface area contributed by atoms with E-state index >= 15 is 0 Å². The number of hydrogen-bond donors (Lipinski definition) is 3. The Kier molecular flexibility index (Phi) is 4.48. The van der Waals surface area contributed by atoms with Gasteiger partial charge in [0.2, 0.25) is 5.91 Å². The van der Waals surface area contributed by atoms with E-state index in [-0.39, 0.29) is 11.7 Å². The molecule has 110 valence electrons. The third kappa shape index (κ3) is 3.54. The van der Waals surface area contributed by atoms with Gasteiger partial charge in [0.25, 0.3) is 0 Å². The van der Waals surface area contributed by atoms with E-state index in [9.17, 15) is 9.90 Å². The van der Waals surface area contributed by atoms with Crippen molar-refractivity contribution in [1.29, 1.82) is 0 Å². The Morgan fingerprint density at radius 3 is 2.62 bits per heavy atom. The highest BCUT2D eigenvalue weighted by Gasteiger charge is 2.10. The van der Waals surface area contributed by atoms with Crippen molar-refractivity contribution < 1.29 is 9.90 Å². The van der Waals surface area contributed by atoms with Crippen LogP contribution < -0.4 is 11.1 Å². The van der Waals surface area contributed by atoms with Crippen LogP contribution in [0.1, 0.15) is 23.1 Å². The van der Waals surface area contributed by atoms with Crippen LogP contribution in [0.15, 0.2) is 36.4 Å². The lowest BCUT2D eigenvalue weighted by Crippen LogP contribution is -2.13. The molecule has 4 N–H and O–H groups in total. The van der Waals surface area contributed by atoms with Crippen LogP contribution in [0.3, 0.4) is 0 Å². The molecule has 4 heteroatoms. The van der Waals surface area contributed by atoms with E-state index in [1.165, 1.54) is 0 Å². The van der Waals surface area contributed by atoms with E-state index in [0.717, 1.165) is 11.1 Å². The first-order chi connectivity index (χ1) is 9.99. The number of phenols is 1. The SMILES string of the molecule is Cc1ccc(NC(=O)CCc2ccccc2N)c(C)c1O. The molecule has 0 saturated carbocycles. The molecule has 4 nitrogen and oxygen atoms in total. The summed E-state index contributed by atoms with van der Waals surface area (Å²) in [4.78, 5) is 12.0. The summed E-state index contributed by atoms with van der Waals surface area (Å²) in [5.74, 6) is 0.129. The first-order valence-corrected chi connectivity index (χ1v) is 6.91. The number of para-hydroxylation sites is 1. The van der Waals surface area contributed by atoms with Gasteiger partial charge in [-0.1, -0.05) is 24.3 Å². The number of nitrogens with one attached hydrogen (secondary N) is 1. The first kappa shape index (κ1) is 14.9. The van der Waals surface area contributed by atoms with Gasteiger partial charge in [0.1, 0.15) is 5.75 Å². The van der Waals surface area contributed by atoms with Crippen LogP contribution in [0.5, 0.6) is 5.75 Å². The van der Waals surface area contributed by atoms with Crippen LogP contribution in [0, 0.1) is 13.8 Å². The number of nitrogens with two attached hydrogens (primary N) is 1. The molecule has 0 bridgehead atoms. The Bertz CT molecular complexity index is 666. The van der Waals surface area contributed by atoms with E-state index in [1.807, 2.05) is 31.2 Å². The summed E-state index contributed by atoms with van der Waals surface area (Å²) in [7, 11) is 0. The number of nitrogen functional groups attached to an aromatic ring is 1. The predicted octanol–water partition coefficient (Wildman–Crippen LogP) is 3.16. The molecule has 0 atom stereocenters. The summed E-state index contributed by atoms with van der Waals surface area (Å²) in [5.41, 5.74) is 9.65. The summed E-state index contributed by atoms with van der Waals surface area (Å²) in [6.07, 6.45) is 0.942. The lowest BCUT2D eigenvalue weighted by Gasteiger charge is -2.11. The van der Waals surface area contributed by atoms with Crippen LogP contribution in [-0.4, -0.2) is 11.0 Å². The van der Waals surface area contributed by atoms with Crippen LogP contribution in [0.25, 0.3) is 0 Å².